The van der Waals surface area contributed by atoms with Crippen molar-refractivity contribution >= 4 is 11.6 Å². The Morgan fingerprint density at radius 1 is 1.59 bits per heavy atom. The van der Waals surface area contributed by atoms with E-state index < -0.39 is 0 Å². The molecule has 0 saturated heterocycles. The van der Waals surface area contributed by atoms with Gasteiger partial charge in [-0.05, 0) is 19.4 Å². The van der Waals surface area contributed by atoms with E-state index >= 15 is 0 Å². The Bertz CT molecular complexity index is 434. The number of nitrogens with zero attached hydrogens (tertiary/aromatic N) is 1. The molecule has 0 aromatic carbocycles. The zero-order valence-corrected chi connectivity index (χ0v) is 10.3. The fraction of sp³-hybridized carbons (Fsp3) is 0.500. The molecule has 2 atom stereocenters. The lowest BCUT2D eigenvalue weighted by atomic mass is 9.98. The maximum Gasteiger partial charge on any atom is 0.217 e. The Morgan fingerprint density at radius 2 is 2.35 bits per heavy atom. The monoisotopic (exact) mass is 235 g/mol. The molecule has 1 aliphatic heterocycles. The molecular formula is C12H17N3O2. The highest BCUT2D eigenvalue weighted by Gasteiger charge is 2.26. The molecular weight excluding hydrogens is 218 g/mol. The number of ether oxygens (including phenoxy) is 1. The first-order valence-corrected chi connectivity index (χ1v) is 5.68. The minimum Gasteiger partial charge on any atom is -0.481 e. The van der Waals surface area contributed by atoms with Crippen LogP contribution in [0.1, 0.15) is 32.0 Å². The van der Waals surface area contributed by atoms with Crippen LogP contribution in [-0.2, 0) is 4.79 Å². The van der Waals surface area contributed by atoms with Gasteiger partial charge in [0.25, 0.3) is 0 Å². The van der Waals surface area contributed by atoms with Crippen molar-refractivity contribution in [2.75, 3.05) is 12.4 Å². The van der Waals surface area contributed by atoms with Gasteiger partial charge in [-0.3, -0.25) is 4.79 Å². The fourth-order valence-electron chi connectivity index (χ4n) is 2.12. The highest BCUT2D eigenvalue weighted by atomic mass is 16.5. The summed E-state index contributed by atoms with van der Waals surface area (Å²) >= 11 is 0. The molecule has 2 rings (SSSR count). The van der Waals surface area contributed by atoms with Crippen molar-refractivity contribution in [3.8, 4) is 5.88 Å². The lowest BCUT2D eigenvalue weighted by Crippen LogP contribution is -2.35. The van der Waals surface area contributed by atoms with Gasteiger partial charge in [-0.1, -0.05) is 0 Å². The summed E-state index contributed by atoms with van der Waals surface area (Å²) in [4.78, 5) is 15.6. The summed E-state index contributed by atoms with van der Waals surface area (Å²) in [6.07, 6.45) is 0.826. The molecule has 0 bridgehead atoms. The molecule has 2 heterocycles. The van der Waals surface area contributed by atoms with Crippen molar-refractivity contribution in [1.82, 2.24) is 10.3 Å². The van der Waals surface area contributed by atoms with Gasteiger partial charge >= 0.3 is 0 Å². The van der Waals surface area contributed by atoms with Crippen molar-refractivity contribution in [3.63, 3.8) is 0 Å². The van der Waals surface area contributed by atoms with Crippen molar-refractivity contribution in [1.29, 1.82) is 0 Å². The second kappa shape index (κ2) is 4.61. The van der Waals surface area contributed by atoms with Crippen LogP contribution in [0.15, 0.2) is 12.1 Å². The highest BCUT2D eigenvalue weighted by molar-refractivity contribution is 5.74. The number of anilines is 1. The van der Waals surface area contributed by atoms with Crippen LogP contribution >= 0.6 is 0 Å². The second-order valence-electron chi connectivity index (χ2n) is 4.32. The summed E-state index contributed by atoms with van der Waals surface area (Å²) in [5, 5.41) is 6.27. The molecule has 0 saturated carbocycles. The number of nitrogens with one attached hydrogen (secondary N) is 2. The third kappa shape index (κ3) is 2.49. The standard InChI is InChI=1S/C12H17N3O2/c1-7-6-10(14-8(2)16)12-9(13-7)4-5-11(15-12)17-3/h4-5,7,10,13H,6H2,1-3H3,(H,14,16)/t7-,10+/m0/s1. The van der Waals surface area contributed by atoms with E-state index in [0.717, 1.165) is 17.8 Å². The minimum atomic E-state index is -0.0474. The van der Waals surface area contributed by atoms with Gasteiger partial charge in [0.05, 0.1) is 24.5 Å². The number of rotatable bonds is 2. The van der Waals surface area contributed by atoms with E-state index in [1.54, 1.807) is 7.11 Å². The fourth-order valence-corrected chi connectivity index (χ4v) is 2.12. The van der Waals surface area contributed by atoms with Crippen LogP contribution in [0, 0.1) is 0 Å². The van der Waals surface area contributed by atoms with Crippen molar-refractivity contribution in [2.45, 2.75) is 32.4 Å². The molecule has 0 radical (unpaired) electrons. The maximum absolute atomic E-state index is 11.2. The summed E-state index contributed by atoms with van der Waals surface area (Å²) in [7, 11) is 1.58. The van der Waals surface area contributed by atoms with Crippen LogP contribution in [0.5, 0.6) is 5.88 Å². The van der Waals surface area contributed by atoms with Crippen LogP contribution < -0.4 is 15.4 Å². The van der Waals surface area contributed by atoms with Gasteiger partial charge in [0.2, 0.25) is 11.8 Å². The first-order valence-electron chi connectivity index (χ1n) is 5.68. The molecule has 5 heteroatoms. The summed E-state index contributed by atoms with van der Waals surface area (Å²) in [5.41, 5.74) is 1.81. The number of amides is 1. The Balaban J connectivity index is 2.35. The van der Waals surface area contributed by atoms with Gasteiger partial charge in [-0.2, -0.15) is 0 Å². The predicted molar refractivity (Wildman–Crippen MR) is 65.0 cm³/mol. The lowest BCUT2D eigenvalue weighted by molar-refractivity contribution is -0.119. The third-order valence-electron chi connectivity index (χ3n) is 2.81. The number of pyridine rings is 1. The average Bonchev–Trinajstić information content (AvgIpc) is 2.27. The lowest BCUT2D eigenvalue weighted by Gasteiger charge is -2.30. The summed E-state index contributed by atoms with van der Waals surface area (Å²) in [5.74, 6) is 0.523. The van der Waals surface area contributed by atoms with Crippen LogP contribution in [-0.4, -0.2) is 24.0 Å². The number of hydrogen-bond acceptors (Lipinski definition) is 4. The SMILES string of the molecule is COc1ccc2c(n1)[C@H](NC(C)=O)C[C@H](C)N2. The van der Waals surface area contributed by atoms with Crippen LogP contribution in [0.2, 0.25) is 0 Å². The number of hydrogen-bond donors (Lipinski definition) is 2. The molecule has 1 aliphatic rings. The molecule has 17 heavy (non-hydrogen) atoms. The Morgan fingerprint density at radius 3 is 3.00 bits per heavy atom. The van der Waals surface area contributed by atoms with Crippen LogP contribution in [0.4, 0.5) is 5.69 Å². The molecule has 1 aromatic rings. The first-order chi connectivity index (χ1) is 8.10. The quantitative estimate of drug-likeness (QED) is 0.814. The van der Waals surface area contributed by atoms with Gasteiger partial charge in [0.15, 0.2) is 0 Å². The number of methoxy groups -OCH3 is 1. The minimum absolute atomic E-state index is 0.0420. The van der Waals surface area contributed by atoms with E-state index in [4.69, 9.17) is 4.74 Å². The van der Waals surface area contributed by atoms with Crippen LogP contribution in [0.25, 0.3) is 0 Å². The molecule has 0 unspecified atom stereocenters. The summed E-state index contributed by atoms with van der Waals surface area (Å²) < 4.78 is 5.11. The smallest absolute Gasteiger partial charge is 0.217 e. The van der Waals surface area contributed by atoms with Crippen molar-refractivity contribution in [2.24, 2.45) is 0 Å². The summed E-state index contributed by atoms with van der Waals surface area (Å²) in [6.45, 7) is 3.61. The third-order valence-corrected chi connectivity index (χ3v) is 2.81. The number of carbonyl (C=O) groups excluding carboxylic acids is 1. The van der Waals surface area contributed by atoms with Crippen molar-refractivity contribution < 1.29 is 9.53 Å². The molecule has 0 aliphatic carbocycles. The van der Waals surface area contributed by atoms with Gasteiger partial charge in [-0.25, -0.2) is 4.98 Å². The van der Waals surface area contributed by atoms with E-state index in [-0.39, 0.29) is 11.9 Å². The van der Waals surface area contributed by atoms with Gasteiger partial charge in [0.1, 0.15) is 0 Å². The molecule has 0 fully saturated rings. The normalized spacial score (nSPS) is 22.3. The Kier molecular flexibility index (Phi) is 3.17. The largest absolute Gasteiger partial charge is 0.481 e. The zero-order chi connectivity index (χ0) is 12.4. The van der Waals surface area contributed by atoms with Gasteiger partial charge in [-0.15, -0.1) is 0 Å². The number of aromatic nitrogens is 1. The molecule has 1 aromatic heterocycles. The van der Waals surface area contributed by atoms with E-state index in [0.29, 0.717) is 11.9 Å². The second-order valence-corrected chi connectivity index (χ2v) is 4.32. The van der Waals surface area contributed by atoms with E-state index in [9.17, 15) is 4.79 Å². The molecule has 2 N–H and O–H groups in total. The Hall–Kier alpha value is -1.78. The Labute approximate surface area is 101 Å². The van der Waals surface area contributed by atoms with Gasteiger partial charge < -0.3 is 15.4 Å². The highest BCUT2D eigenvalue weighted by Crippen LogP contribution is 2.32. The predicted octanol–water partition coefficient (Wildman–Crippen LogP) is 1.47. The maximum atomic E-state index is 11.2. The molecule has 92 valence electrons. The topological polar surface area (TPSA) is 63.2 Å². The van der Waals surface area contributed by atoms with E-state index in [1.807, 2.05) is 12.1 Å². The molecule has 0 spiro atoms. The number of carbonyl (C=O) groups is 1. The van der Waals surface area contributed by atoms with E-state index in [2.05, 4.69) is 22.5 Å². The molecule has 5 nitrogen and oxygen atoms in total. The van der Waals surface area contributed by atoms with E-state index in [1.165, 1.54) is 6.92 Å². The first kappa shape index (κ1) is 11.7. The zero-order valence-electron chi connectivity index (χ0n) is 10.3. The molecule has 1 amide bonds. The summed E-state index contributed by atoms with van der Waals surface area (Å²) in [6, 6.07) is 4.02. The van der Waals surface area contributed by atoms with Gasteiger partial charge in [0, 0.05) is 19.0 Å². The van der Waals surface area contributed by atoms with Crippen LogP contribution in [0.3, 0.4) is 0 Å². The average molecular weight is 235 g/mol. The van der Waals surface area contributed by atoms with Crippen molar-refractivity contribution in [3.05, 3.63) is 17.8 Å². The number of fused-ring (bicyclic) bond motifs is 1.